The van der Waals surface area contributed by atoms with Crippen LogP contribution in [-0.4, -0.2) is 48.7 Å². The van der Waals surface area contributed by atoms with Gasteiger partial charge in [-0.3, -0.25) is 4.79 Å². The molecule has 0 heterocycles. The summed E-state index contributed by atoms with van der Waals surface area (Å²) in [5, 5.41) is 29.8. The maximum absolute atomic E-state index is 13.5. The second-order valence-corrected chi connectivity index (χ2v) is 14.0. The molecule has 0 spiro atoms. The molecule has 3 aromatic carbocycles. The number of rotatable bonds is 10. The molecule has 0 bridgehead atoms. The Hall–Kier alpha value is -3.88. The summed E-state index contributed by atoms with van der Waals surface area (Å²) in [7, 11) is 3.32. The monoisotopic (exact) mass is 639 g/mol. The smallest absolute Gasteiger partial charge is 0.254 e. The van der Waals surface area contributed by atoms with Crippen LogP contribution in [0.4, 0.5) is 0 Å². The van der Waals surface area contributed by atoms with E-state index in [1.54, 1.807) is 20.3 Å². The minimum atomic E-state index is -0.273. The van der Waals surface area contributed by atoms with Crippen LogP contribution in [0.3, 0.4) is 0 Å². The average Bonchev–Trinajstić information content (AvgIpc) is 3.39. The summed E-state index contributed by atoms with van der Waals surface area (Å²) in [6.07, 6.45) is 5.16. The van der Waals surface area contributed by atoms with Gasteiger partial charge in [0.2, 0.25) is 0 Å². The second kappa shape index (κ2) is 13.7. The molecule has 0 saturated heterocycles. The quantitative estimate of drug-likeness (QED) is 0.183. The van der Waals surface area contributed by atoms with Gasteiger partial charge >= 0.3 is 0 Å². The molecular weight excluding hydrogens is 590 g/mol. The van der Waals surface area contributed by atoms with E-state index in [2.05, 4.69) is 43.6 Å². The maximum atomic E-state index is 13.5. The SMILES string of the molecule is CCC(c1ccc(OC)cc1)C(NCC(=O)N/N=C1\C[C@@H]2[C@H](CC[C@]3(C)[C@@H](O)CC[C@@H]23)c2c(C)cc(O)cc21)c1ccc(OC)cc1. The van der Waals surface area contributed by atoms with Crippen molar-refractivity contribution in [2.24, 2.45) is 22.4 Å². The number of aryl methyl sites for hydroxylation is 1. The van der Waals surface area contributed by atoms with Crippen LogP contribution in [-0.2, 0) is 4.79 Å². The number of hydrazone groups is 1. The molecule has 8 nitrogen and oxygen atoms in total. The van der Waals surface area contributed by atoms with Crippen molar-refractivity contribution in [1.29, 1.82) is 0 Å². The molecule has 0 aliphatic heterocycles. The molecule has 2 unspecified atom stereocenters. The Bertz CT molecular complexity index is 1600. The van der Waals surface area contributed by atoms with Gasteiger partial charge < -0.3 is 25.0 Å². The summed E-state index contributed by atoms with van der Waals surface area (Å²) in [6.45, 7) is 6.54. The largest absolute Gasteiger partial charge is 0.508 e. The van der Waals surface area contributed by atoms with Crippen LogP contribution in [0.25, 0.3) is 0 Å². The third-order valence-corrected chi connectivity index (χ3v) is 11.5. The molecule has 47 heavy (non-hydrogen) atoms. The van der Waals surface area contributed by atoms with E-state index < -0.39 is 0 Å². The highest BCUT2D eigenvalue weighted by atomic mass is 16.5. The molecule has 3 aliphatic carbocycles. The van der Waals surface area contributed by atoms with Crippen molar-refractivity contribution < 1.29 is 24.5 Å². The Morgan fingerprint density at radius 1 is 1.00 bits per heavy atom. The number of nitrogens with one attached hydrogen (secondary N) is 2. The zero-order valence-electron chi connectivity index (χ0n) is 28.3. The van der Waals surface area contributed by atoms with Gasteiger partial charge in [0.1, 0.15) is 17.2 Å². The fraction of sp³-hybridized carbons (Fsp3) is 0.487. The first-order valence-electron chi connectivity index (χ1n) is 17.0. The predicted molar refractivity (Wildman–Crippen MR) is 184 cm³/mol. The molecule has 4 N–H and O–H groups in total. The number of benzene rings is 3. The fourth-order valence-electron chi connectivity index (χ4n) is 9.04. The lowest BCUT2D eigenvalue weighted by atomic mass is 9.54. The number of carbonyl (C=O) groups is 1. The summed E-state index contributed by atoms with van der Waals surface area (Å²) in [5.41, 5.74) is 9.02. The molecule has 250 valence electrons. The Morgan fingerprint density at radius 2 is 1.66 bits per heavy atom. The van der Waals surface area contributed by atoms with Crippen molar-refractivity contribution in [1.82, 2.24) is 10.7 Å². The Balaban J connectivity index is 1.24. The van der Waals surface area contributed by atoms with Gasteiger partial charge in [0.15, 0.2) is 0 Å². The highest BCUT2D eigenvalue weighted by Gasteiger charge is 2.55. The van der Waals surface area contributed by atoms with E-state index in [0.717, 1.165) is 71.6 Å². The number of hydrogen-bond acceptors (Lipinski definition) is 7. The summed E-state index contributed by atoms with van der Waals surface area (Å²) < 4.78 is 10.8. The van der Waals surface area contributed by atoms with Crippen molar-refractivity contribution in [2.45, 2.75) is 83.3 Å². The minimum absolute atomic E-state index is 0.0744. The van der Waals surface area contributed by atoms with Gasteiger partial charge in [0.25, 0.3) is 5.91 Å². The molecule has 2 fully saturated rings. The number of aliphatic hydroxyl groups is 1. The van der Waals surface area contributed by atoms with Gasteiger partial charge in [-0.1, -0.05) is 38.1 Å². The molecule has 3 aliphatic rings. The number of aliphatic hydroxyl groups excluding tert-OH is 1. The van der Waals surface area contributed by atoms with Crippen LogP contribution in [0.1, 0.15) is 98.1 Å². The first-order chi connectivity index (χ1) is 22.7. The lowest BCUT2D eigenvalue weighted by molar-refractivity contribution is -0.120. The number of aromatic hydroxyl groups is 1. The normalized spacial score (nSPS) is 26.9. The van der Waals surface area contributed by atoms with Gasteiger partial charge in [-0.25, -0.2) is 5.43 Å². The molecule has 3 aromatic rings. The van der Waals surface area contributed by atoms with E-state index in [1.165, 1.54) is 5.56 Å². The molecule has 6 rings (SSSR count). The number of nitrogens with zero attached hydrogens (tertiary/aromatic N) is 1. The van der Waals surface area contributed by atoms with Crippen LogP contribution in [0.2, 0.25) is 0 Å². The number of phenols is 1. The van der Waals surface area contributed by atoms with Crippen LogP contribution in [0, 0.1) is 24.2 Å². The predicted octanol–water partition coefficient (Wildman–Crippen LogP) is 6.74. The van der Waals surface area contributed by atoms with E-state index in [-0.39, 0.29) is 41.7 Å². The van der Waals surface area contributed by atoms with E-state index >= 15 is 0 Å². The molecule has 0 radical (unpaired) electrons. The van der Waals surface area contributed by atoms with E-state index in [4.69, 9.17) is 14.6 Å². The number of amides is 1. The van der Waals surface area contributed by atoms with Crippen LogP contribution >= 0.6 is 0 Å². The van der Waals surface area contributed by atoms with Gasteiger partial charge in [0, 0.05) is 17.5 Å². The number of methoxy groups -OCH3 is 2. The minimum Gasteiger partial charge on any atom is -0.508 e. The lowest BCUT2D eigenvalue weighted by Crippen LogP contribution is -2.45. The Morgan fingerprint density at radius 3 is 2.30 bits per heavy atom. The topological polar surface area (TPSA) is 112 Å². The van der Waals surface area contributed by atoms with Crippen LogP contribution in [0.5, 0.6) is 17.2 Å². The molecule has 1 amide bonds. The average molecular weight is 640 g/mol. The third kappa shape index (κ3) is 6.38. The standard InChI is InChI=1S/C39H49N3O5/c1-6-29(24-7-11-27(46-4)12-8-24)38(25-9-13-28(47-5)14-10-25)40-22-36(45)42-41-34-21-31-30(37-23(2)19-26(43)20-32(34)37)17-18-39(3)33(31)15-16-35(39)44/h7-14,19-20,29-31,33,35,38,40,43-44H,6,15-18,21-22H2,1-5H3,(H,42,45)/b41-34+/t29?,30-,31+,33-,35-,38?,39-/m0/s1. The lowest BCUT2D eigenvalue weighted by Gasteiger charge is -2.50. The van der Waals surface area contributed by atoms with Crippen molar-refractivity contribution in [2.75, 3.05) is 20.8 Å². The van der Waals surface area contributed by atoms with E-state index in [0.29, 0.717) is 24.2 Å². The van der Waals surface area contributed by atoms with E-state index in [1.807, 2.05) is 42.5 Å². The molecule has 0 aromatic heterocycles. The molecule has 7 atom stereocenters. The zero-order valence-corrected chi connectivity index (χ0v) is 28.3. The highest BCUT2D eigenvalue weighted by molar-refractivity contribution is 6.04. The van der Waals surface area contributed by atoms with E-state index in [9.17, 15) is 15.0 Å². The number of phenolic OH excluding ortho intramolecular Hbond substituents is 1. The zero-order chi connectivity index (χ0) is 33.3. The molecule has 2 saturated carbocycles. The summed E-state index contributed by atoms with van der Waals surface area (Å²) in [4.78, 5) is 13.5. The van der Waals surface area contributed by atoms with Crippen LogP contribution in [0.15, 0.2) is 65.8 Å². The summed E-state index contributed by atoms with van der Waals surface area (Å²) in [5.74, 6) is 2.76. The van der Waals surface area contributed by atoms with Crippen LogP contribution < -0.4 is 20.2 Å². The van der Waals surface area contributed by atoms with Gasteiger partial charge in [-0.2, -0.15) is 5.10 Å². The molecular formula is C39H49N3O5. The second-order valence-electron chi connectivity index (χ2n) is 14.0. The maximum Gasteiger partial charge on any atom is 0.254 e. The summed E-state index contributed by atoms with van der Waals surface area (Å²) >= 11 is 0. The van der Waals surface area contributed by atoms with Crippen molar-refractivity contribution in [3.05, 3.63) is 88.5 Å². The first-order valence-corrected chi connectivity index (χ1v) is 17.0. The Labute approximate surface area is 278 Å². The Kier molecular flexibility index (Phi) is 9.62. The number of ether oxygens (including phenoxy) is 2. The van der Waals surface area contributed by atoms with Gasteiger partial charge in [0.05, 0.1) is 32.6 Å². The van der Waals surface area contributed by atoms with Gasteiger partial charge in [-0.15, -0.1) is 0 Å². The first kappa shape index (κ1) is 33.0. The van der Waals surface area contributed by atoms with Crippen molar-refractivity contribution >= 4 is 11.6 Å². The van der Waals surface area contributed by atoms with Crippen molar-refractivity contribution in [3.63, 3.8) is 0 Å². The number of fused-ring (bicyclic) bond motifs is 5. The third-order valence-electron chi connectivity index (χ3n) is 11.5. The number of hydrogen-bond donors (Lipinski definition) is 4. The highest BCUT2D eigenvalue weighted by Crippen LogP contribution is 2.61. The van der Waals surface area contributed by atoms with Crippen molar-refractivity contribution in [3.8, 4) is 17.2 Å². The summed E-state index contributed by atoms with van der Waals surface area (Å²) in [6, 6.07) is 19.6. The molecule has 8 heteroatoms. The van der Waals surface area contributed by atoms with Gasteiger partial charge in [-0.05, 0) is 127 Å². The number of carbonyl (C=O) groups excluding carboxylic acids is 1. The fourth-order valence-corrected chi connectivity index (χ4v) is 9.04.